The molecule has 8 nitrogen and oxygen atoms in total. The van der Waals surface area contributed by atoms with Crippen LogP contribution in [0.2, 0.25) is 0 Å². The largest absolute Gasteiger partial charge is 0.493 e. The van der Waals surface area contributed by atoms with Crippen LogP contribution in [-0.2, 0) is 19.5 Å². The van der Waals surface area contributed by atoms with Gasteiger partial charge in [0.2, 0.25) is 0 Å². The van der Waals surface area contributed by atoms with Crippen LogP contribution in [0.4, 0.5) is 5.69 Å². The van der Waals surface area contributed by atoms with Crippen molar-refractivity contribution in [1.82, 2.24) is 15.6 Å². The molecule has 0 fully saturated rings. The minimum absolute atomic E-state index is 0.226. The molecule has 0 bridgehead atoms. The lowest BCUT2D eigenvalue weighted by molar-refractivity contribution is 0.0949. The molecule has 0 saturated heterocycles. The van der Waals surface area contributed by atoms with Gasteiger partial charge in [-0.25, -0.2) is 4.98 Å². The number of hydrogen-bond donors (Lipinski definition) is 3. The summed E-state index contributed by atoms with van der Waals surface area (Å²) in [6, 6.07) is 12.4. The van der Waals surface area contributed by atoms with Crippen molar-refractivity contribution in [2.45, 2.75) is 19.5 Å². The molecule has 1 aromatic heterocycles. The number of fused-ring (bicyclic) bond motifs is 1. The molecule has 166 valence electrons. The molecule has 1 aliphatic heterocycles. The summed E-state index contributed by atoms with van der Waals surface area (Å²) >= 11 is 1.42. The Hall–Kier alpha value is -3.43. The van der Waals surface area contributed by atoms with Gasteiger partial charge in [-0.2, -0.15) is 0 Å². The summed E-state index contributed by atoms with van der Waals surface area (Å²) in [5, 5.41) is 9.54. The predicted molar refractivity (Wildman–Crippen MR) is 123 cm³/mol. The Balaban J connectivity index is 1.38. The Morgan fingerprint density at radius 3 is 2.72 bits per heavy atom. The number of methoxy groups -OCH3 is 2. The molecule has 32 heavy (non-hydrogen) atoms. The number of nitrogens with zero attached hydrogens (tertiary/aromatic N) is 1. The van der Waals surface area contributed by atoms with Crippen molar-refractivity contribution >= 4 is 28.8 Å². The average Bonchev–Trinajstić information content (AvgIpc) is 3.27. The molecule has 1 aliphatic rings. The molecule has 3 aromatic rings. The second-order valence-corrected chi connectivity index (χ2v) is 8.31. The van der Waals surface area contributed by atoms with Gasteiger partial charge in [-0.05, 0) is 35.9 Å². The highest BCUT2D eigenvalue weighted by atomic mass is 32.1. The number of amides is 2. The fraction of sp³-hybridized carbons (Fsp3) is 0.261. The monoisotopic (exact) mass is 452 g/mol. The lowest BCUT2D eigenvalue weighted by atomic mass is 10.1. The fourth-order valence-corrected chi connectivity index (χ4v) is 4.40. The van der Waals surface area contributed by atoms with Crippen LogP contribution in [0.15, 0.2) is 42.5 Å². The first-order valence-corrected chi connectivity index (χ1v) is 11.0. The van der Waals surface area contributed by atoms with Crippen LogP contribution < -0.4 is 25.4 Å². The Kier molecular flexibility index (Phi) is 6.67. The highest BCUT2D eigenvalue weighted by Crippen LogP contribution is 2.27. The van der Waals surface area contributed by atoms with E-state index in [0.29, 0.717) is 34.3 Å². The SMILES string of the molecule is COc1ccc(C(=O)NCc2cccc(NC(=O)c3nc4c(s3)CNCC4)c2)cc1OC. The second kappa shape index (κ2) is 9.80. The fourth-order valence-electron chi connectivity index (χ4n) is 3.43. The van der Waals surface area contributed by atoms with Crippen LogP contribution in [0.3, 0.4) is 0 Å². The van der Waals surface area contributed by atoms with Crippen molar-refractivity contribution < 1.29 is 19.1 Å². The van der Waals surface area contributed by atoms with Crippen LogP contribution in [0, 0.1) is 0 Å². The van der Waals surface area contributed by atoms with Crippen molar-refractivity contribution in [3.63, 3.8) is 0 Å². The molecular weight excluding hydrogens is 428 g/mol. The van der Waals surface area contributed by atoms with Gasteiger partial charge < -0.3 is 25.4 Å². The number of carbonyl (C=O) groups excluding carboxylic acids is 2. The van der Waals surface area contributed by atoms with Crippen LogP contribution in [-0.4, -0.2) is 37.6 Å². The summed E-state index contributed by atoms with van der Waals surface area (Å²) in [6.45, 7) is 1.96. The van der Waals surface area contributed by atoms with Gasteiger partial charge in [-0.3, -0.25) is 9.59 Å². The first-order valence-electron chi connectivity index (χ1n) is 10.2. The summed E-state index contributed by atoms with van der Waals surface area (Å²) in [4.78, 5) is 30.8. The number of carbonyl (C=O) groups is 2. The molecular formula is C23H24N4O4S. The molecule has 0 spiro atoms. The third kappa shape index (κ3) is 4.90. The zero-order valence-electron chi connectivity index (χ0n) is 17.9. The van der Waals surface area contributed by atoms with Gasteiger partial charge in [0.25, 0.3) is 11.8 Å². The molecule has 0 radical (unpaired) electrons. The van der Waals surface area contributed by atoms with E-state index in [1.807, 2.05) is 24.3 Å². The Bertz CT molecular complexity index is 1120. The van der Waals surface area contributed by atoms with E-state index >= 15 is 0 Å². The van der Waals surface area contributed by atoms with Crippen molar-refractivity contribution in [2.24, 2.45) is 0 Å². The molecule has 2 heterocycles. The molecule has 9 heteroatoms. The zero-order valence-corrected chi connectivity index (χ0v) is 18.7. The van der Waals surface area contributed by atoms with Crippen molar-refractivity contribution in [3.05, 3.63) is 69.2 Å². The summed E-state index contributed by atoms with van der Waals surface area (Å²) in [7, 11) is 3.07. The second-order valence-electron chi connectivity index (χ2n) is 7.22. The number of hydrogen-bond acceptors (Lipinski definition) is 7. The molecule has 2 aromatic carbocycles. The van der Waals surface area contributed by atoms with Crippen molar-refractivity contribution in [2.75, 3.05) is 26.1 Å². The highest BCUT2D eigenvalue weighted by Gasteiger charge is 2.19. The molecule has 0 saturated carbocycles. The van der Waals surface area contributed by atoms with Crippen LogP contribution in [0.1, 0.15) is 36.3 Å². The normalized spacial score (nSPS) is 12.6. The van der Waals surface area contributed by atoms with Crippen molar-refractivity contribution in [1.29, 1.82) is 0 Å². The Morgan fingerprint density at radius 2 is 1.94 bits per heavy atom. The summed E-state index contributed by atoms with van der Waals surface area (Å²) in [5.41, 5.74) is 2.98. The standard InChI is InChI=1S/C23H24N4O4S/c1-30-18-7-6-15(11-19(18)31-2)21(28)25-12-14-4-3-5-16(10-14)26-22(29)23-27-17-8-9-24-13-20(17)32-23/h3-7,10-11,24H,8-9,12-13H2,1-2H3,(H,25,28)(H,26,29). The van der Waals surface area contributed by atoms with Crippen LogP contribution >= 0.6 is 11.3 Å². The first-order chi connectivity index (χ1) is 15.6. The lowest BCUT2D eigenvalue weighted by Gasteiger charge is -2.11. The van der Waals surface area contributed by atoms with E-state index < -0.39 is 0 Å². The topological polar surface area (TPSA) is 102 Å². The predicted octanol–water partition coefficient (Wildman–Crippen LogP) is 2.99. The summed E-state index contributed by atoms with van der Waals surface area (Å²) < 4.78 is 10.5. The van der Waals surface area contributed by atoms with E-state index in [1.54, 1.807) is 25.3 Å². The smallest absolute Gasteiger partial charge is 0.284 e. The molecule has 0 aliphatic carbocycles. The number of ether oxygens (including phenoxy) is 2. The number of thiazole rings is 1. The van der Waals surface area contributed by atoms with Crippen LogP contribution in [0.25, 0.3) is 0 Å². The first kappa shape index (κ1) is 21.8. The van der Waals surface area contributed by atoms with Gasteiger partial charge in [0, 0.05) is 42.2 Å². The number of rotatable bonds is 7. The van der Waals surface area contributed by atoms with Crippen molar-refractivity contribution in [3.8, 4) is 11.5 Å². The van der Waals surface area contributed by atoms with E-state index in [-0.39, 0.29) is 11.8 Å². The molecule has 2 amide bonds. The molecule has 0 atom stereocenters. The minimum atomic E-state index is -0.234. The van der Waals surface area contributed by atoms with Gasteiger partial charge >= 0.3 is 0 Å². The third-order valence-electron chi connectivity index (χ3n) is 5.08. The third-order valence-corrected chi connectivity index (χ3v) is 6.18. The number of aromatic nitrogens is 1. The van der Waals surface area contributed by atoms with Gasteiger partial charge in [0.05, 0.1) is 19.9 Å². The zero-order chi connectivity index (χ0) is 22.5. The maximum absolute atomic E-state index is 12.6. The van der Waals surface area contributed by atoms with Crippen LogP contribution in [0.5, 0.6) is 11.5 Å². The van der Waals surface area contributed by atoms with Gasteiger partial charge in [0.1, 0.15) is 0 Å². The molecule has 4 rings (SSSR count). The van der Waals surface area contributed by atoms with E-state index in [0.717, 1.165) is 35.6 Å². The van der Waals surface area contributed by atoms with E-state index in [1.165, 1.54) is 18.4 Å². The van der Waals surface area contributed by atoms with E-state index in [9.17, 15) is 9.59 Å². The van der Waals surface area contributed by atoms with E-state index in [4.69, 9.17) is 9.47 Å². The number of benzene rings is 2. The summed E-state index contributed by atoms with van der Waals surface area (Å²) in [6.07, 6.45) is 0.842. The highest BCUT2D eigenvalue weighted by molar-refractivity contribution is 7.13. The number of nitrogens with one attached hydrogen (secondary N) is 3. The lowest BCUT2D eigenvalue weighted by Crippen LogP contribution is -2.23. The van der Waals surface area contributed by atoms with E-state index in [2.05, 4.69) is 20.9 Å². The Morgan fingerprint density at radius 1 is 1.09 bits per heavy atom. The molecule has 0 unspecified atom stereocenters. The quantitative estimate of drug-likeness (QED) is 0.510. The maximum Gasteiger partial charge on any atom is 0.284 e. The molecule has 3 N–H and O–H groups in total. The average molecular weight is 453 g/mol. The Labute approximate surface area is 190 Å². The number of anilines is 1. The van der Waals surface area contributed by atoms with Gasteiger partial charge in [-0.15, -0.1) is 11.3 Å². The van der Waals surface area contributed by atoms with Gasteiger partial charge in [-0.1, -0.05) is 12.1 Å². The summed E-state index contributed by atoms with van der Waals surface area (Å²) in [5.74, 6) is 0.590. The maximum atomic E-state index is 12.6. The minimum Gasteiger partial charge on any atom is -0.493 e. The van der Waals surface area contributed by atoms with Gasteiger partial charge in [0.15, 0.2) is 16.5 Å².